The second-order valence-corrected chi connectivity index (χ2v) is 2.73. The van der Waals surface area contributed by atoms with Crippen molar-refractivity contribution in [1.82, 2.24) is 10.6 Å². The van der Waals surface area contributed by atoms with Crippen LogP contribution in [0.4, 0.5) is 0 Å². The second kappa shape index (κ2) is 4.31. The number of rotatable bonds is 4. The van der Waals surface area contributed by atoms with Gasteiger partial charge in [-0.2, -0.15) is 0 Å². The monoisotopic (exact) mass is 158 g/mol. The lowest BCUT2D eigenvalue weighted by Gasteiger charge is -2.09. The Balaban J connectivity index is 2.04. The molecule has 1 unspecified atom stereocenters. The normalized spacial score (nSPS) is 23.7. The van der Waals surface area contributed by atoms with Crippen LogP contribution < -0.4 is 10.6 Å². The Labute approximate surface area is 66.0 Å². The Morgan fingerprint density at radius 3 is 3.09 bits per heavy atom. The molecule has 3 N–H and O–H groups in total. The Kier molecular flexibility index (Phi) is 3.32. The molecule has 1 aliphatic rings. The van der Waals surface area contributed by atoms with Gasteiger partial charge in [0.1, 0.15) is 0 Å². The number of carbonyl (C=O) groups is 1. The molecule has 0 aliphatic carbocycles. The summed E-state index contributed by atoms with van der Waals surface area (Å²) in [6.45, 7) is 1.53. The van der Waals surface area contributed by atoms with Crippen LogP contribution >= 0.6 is 0 Å². The molecular formula is C7H14N2O2. The van der Waals surface area contributed by atoms with E-state index in [-0.39, 0.29) is 18.6 Å². The van der Waals surface area contributed by atoms with E-state index in [1.165, 1.54) is 0 Å². The van der Waals surface area contributed by atoms with Crippen molar-refractivity contribution in [3.8, 4) is 0 Å². The summed E-state index contributed by atoms with van der Waals surface area (Å²) in [7, 11) is 0. The number of hydrogen-bond acceptors (Lipinski definition) is 3. The van der Waals surface area contributed by atoms with Crippen LogP contribution in [0.15, 0.2) is 0 Å². The van der Waals surface area contributed by atoms with Crippen LogP contribution in [0.3, 0.4) is 0 Å². The van der Waals surface area contributed by atoms with Crippen molar-refractivity contribution in [1.29, 1.82) is 0 Å². The van der Waals surface area contributed by atoms with Gasteiger partial charge in [-0.3, -0.25) is 4.79 Å². The highest BCUT2D eigenvalue weighted by atomic mass is 16.3. The number of aliphatic hydroxyl groups is 1. The fourth-order valence-corrected chi connectivity index (χ4v) is 1.19. The highest BCUT2D eigenvalue weighted by Crippen LogP contribution is 2.04. The van der Waals surface area contributed by atoms with E-state index in [0.29, 0.717) is 13.0 Å². The minimum atomic E-state index is 0.140. The van der Waals surface area contributed by atoms with Gasteiger partial charge in [-0.05, 0) is 6.42 Å². The number of aliphatic hydroxyl groups excluding tert-OH is 1. The van der Waals surface area contributed by atoms with E-state index in [1.807, 2.05) is 0 Å². The summed E-state index contributed by atoms with van der Waals surface area (Å²) in [5.74, 6) is 0.140. The van der Waals surface area contributed by atoms with Crippen LogP contribution in [0, 0.1) is 0 Å². The Hall–Kier alpha value is -0.610. The first-order valence-electron chi connectivity index (χ1n) is 3.94. The summed E-state index contributed by atoms with van der Waals surface area (Å²) in [5.41, 5.74) is 0. The zero-order valence-electron chi connectivity index (χ0n) is 6.47. The zero-order chi connectivity index (χ0) is 8.10. The van der Waals surface area contributed by atoms with Gasteiger partial charge >= 0.3 is 0 Å². The van der Waals surface area contributed by atoms with Gasteiger partial charge in [0, 0.05) is 25.6 Å². The largest absolute Gasteiger partial charge is 0.395 e. The smallest absolute Gasteiger partial charge is 0.220 e. The third-order valence-corrected chi connectivity index (χ3v) is 1.76. The number of carbonyl (C=O) groups excluding carboxylic acids is 1. The van der Waals surface area contributed by atoms with Gasteiger partial charge in [-0.25, -0.2) is 0 Å². The molecule has 1 heterocycles. The van der Waals surface area contributed by atoms with Crippen LogP contribution in [0.5, 0.6) is 0 Å². The topological polar surface area (TPSA) is 61.4 Å². The van der Waals surface area contributed by atoms with E-state index in [4.69, 9.17) is 5.11 Å². The minimum Gasteiger partial charge on any atom is -0.395 e. The highest BCUT2D eigenvalue weighted by Gasteiger charge is 2.19. The van der Waals surface area contributed by atoms with Crippen LogP contribution in [-0.4, -0.2) is 36.8 Å². The molecule has 1 aliphatic heterocycles. The molecule has 1 amide bonds. The van der Waals surface area contributed by atoms with E-state index in [9.17, 15) is 4.79 Å². The first kappa shape index (κ1) is 8.49. The summed E-state index contributed by atoms with van der Waals surface area (Å²) < 4.78 is 0. The molecule has 4 heteroatoms. The van der Waals surface area contributed by atoms with Gasteiger partial charge in [-0.15, -0.1) is 0 Å². The molecule has 0 spiro atoms. The van der Waals surface area contributed by atoms with Crippen LogP contribution in [0.1, 0.15) is 12.8 Å². The number of nitrogens with one attached hydrogen (secondary N) is 2. The van der Waals surface area contributed by atoms with E-state index in [1.54, 1.807) is 0 Å². The van der Waals surface area contributed by atoms with Crippen LogP contribution in [0.2, 0.25) is 0 Å². The summed E-state index contributed by atoms with van der Waals surface area (Å²) in [6, 6.07) is 0.272. The highest BCUT2D eigenvalue weighted by molar-refractivity contribution is 5.78. The number of hydrogen-bond donors (Lipinski definition) is 3. The van der Waals surface area contributed by atoms with Gasteiger partial charge in [0.25, 0.3) is 0 Å². The van der Waals surface area contributed by atoms with Gasteiger partial charge in [0.2, 0.25) is 5.91 Å². The van der Waals surface area contributed by atoms with Crippen molar-refractivity contribution in [2.24, 2.45) is 0 Å². The molecule has 64 valence electrons. The SMILES string of the molecule is O=C1CCC(CNCCO)N1. The molecule has 0 saturated carbocycles. The lowest BCUT2D eigenvalue weighted by Crippen LogP contribution is -2.36. The first-order valence-corrected chi connectivity index (χ1v) is 3.94. The Morgan fingerprint density at radius 2 is 2.55 bits per heavy atom. The van der Waals surface area contributed by atoms with Gasteiger partial charge in [0.15, 0.2) is 0 Å². The Bertz CT molecular complexity index is 138. The van der Waals surface area contributed by atoms with Crippen molar-refractivity contribution in [2.75, 3.05) is 19.7 Å². The molecule has 1 saturated heterocycles. The summed E-state index contributed by atoms with van der Waals surface area (Å²) in [6.07, 6.45) is 1.56. The van der Waals surface area contributed by atoms with Crippen molar-refractivity contribution in [3.63, 3.8) is 0 Å². The van der Waals surface area contributed by atoms with Crippen LogP contribution in [0.25, 0.3) is 0 Å². The van der Waals surface area contributed by atoms with E-state index in [0.717, 1.165) is 13.0 Å². The molecular weight excluding hydrogens is 144 g/mol. The molecule has 4 nitrogen and oxygen atoms in total. The minimum absolute atomic E-state index is 0.140. The molecule has 0 aromatic carbocycles. The lowest BCUT2D eigenvalue weighted by atomic mass is 10.2. The van der Waals surface area contributed by atoms with Crippen LogP contribution in [-0.2, 0) is 4.79 Å². The van der Waals surface area contributed by atoms with Crippen molar-refractivity contribution in [3.05, 3.63) is 0 Å². The quantitative estimate of drug-likeness (QED) is 0.453. The van der Waals surface area contributed by atoms with Gasteiger partial charge < -0.3 is 15.7 Å². The Morgan fingerprint density at radius 1 is 1.73 bits per heavy atom. The molecule has 11 heavy (non-hydrogen) atoms. The molecule has 0 radical (unpaired) electrons. The maximum Gasteiger partial charge on any atom is 0.220 e. The molecule has 1 atom stereocenters. The fraction of sp³-hybridized carbons (Fsp3) is 0.857. The molecule has 1 fully saturated rings. The van der Waals surface area contributed by atoms with Crippen molar-refractivity contribution in [2.45, 2.75) is 18.9 Å². The van der Waals surface area contributed by atoms with E-state index in [2.05, 4.69) is 10.6 Å². The average molecular weight is 158 g/mol. The number of amides is 1. The van der Waals surface area contributed by atoms with E-state index >= 15 is 0 Å². The predicted octanol–water partition coefficient (Wildman–Crippen LogP) is -1.15. The van der Waals surface area contributed by atoms with Crippen molar-refractivity contribution >= 4 is 5.91 Å². The van der Waals surface area contributed by atoms with E-state index < -0.39 is 0 Å². The maximum absolute atomic E-state index is 10.7. The zero-order valence-corrected chi connectivity index (χ0v) is 6.47. The fourth-order valence-electron chi connectivity index (χ4n) is 1.19. The average Bonchev–Trinajstić information content (AvgIpc) is 2.37. The third-order valence-electron chi connectivity index (χ3n) is 1.76. The molecule has 0 aromatic rings. The van der Waals surface area contributed by atoms with Gasteiger partial charge in [-0.1, -0.05) is 0 Å². The summed E-state index contributed by atoms with van der Waals surface area (Å²) in [5, 5.41) is 14.3. The summed E-state index contributed by atoms with van der Waals surface area (Å²) >= 11 is 0. The molecule has 0 bridgehead atoms. The molecule has 1 rings (SSSR count). The third kappa shape index (κ3) is 2.86. The summed E-state index contributed by atoms with van der Waals surface area (Å²) in [4.78, 5) is 10.7. The standard InChI is InChI=1S/C7H14N2O2/c10-4-3-8-5-6-1-2-7(11)9-6/h6,8,10H,1-5H2,(H,9,11). The van der Waals surface area contributed by atoms with Gasteiger partial charge in [0.05, 0.1) is 6.61 Å². The predicted molar refractivity (Wildman–Crippen MR) is 41.1 cm³/mol. The van der Waals surface area contributed by atoms with Crippen molar-refractivity contribution < 1.29 is 9.90 Å². The molecule has 0 aromatic heterocycles. The second-order valence-electron chi connectivity index (χ2n) is 2.73. The first-order chi connectivity index (χ1) is 5.33. The maximum atomic E-state index is 10.7. The lowest BCUT2D eigenvalue weighted by molar-refractivity contribution is -0.119.